The highest BCUT2D eigenvalue weighted by Gasteiger charge is 2.15. The Morgan fingerprint density at radius 3 is 2.52 bits per heavy atom. The highest BCUT2D eigenvalue weighted by Crippen LogP contribution is 2.31. The largest absolute Gasteiger partial charge is 0.493 e. The van der Waals surface area contributed by atoms with Gasteiger partial charge in [0.25, 0.3) is 10.0 Å². The maximum atomic E-state index is 13.3. The molecular weight excluding hydrogens is 371 g/mol. The molecule has 0 spiro atoms. The van der Waals surface area contributed by atoms with Crippen molar-refractivity contribution in [3.8, 4) is 17.4 Å². The van der Waals surface area contributed by atoms with E-state index >= 15 is 0 Å². The van der Waals surface area contributed by atoms with E-state index in [0.29, 0.717) is 11.5 Å². The third-order valence-electron chi connectivity index (χ3n) is 3.63. The Bertz CT molecular complexity index is 1050. The van der Waals surface area contributed by atoms with Crippen molar-refractivity contribution in [2.75, 3.05) is 11.8 Å². The van der Waals surface area contributed by atoms with E-state index in [1.54, 1.807) is 13.2 Å². The Labute approximate surface area is 156 Å². The number of halogens is 1. The van der Waals surface area contributed by atoms with Crippen molar-refractivity contribution in [2.24, 2.45) is 0 Å². The van der Waals surface area contributed by atoms with Crippen LogP contribution < -0.4 is 14.2 Å². The maximum absolute atomic E-state index is 13.3. The number of ether oxygens (including phenoxy) is 2. The Morgan fingerprint density at radius 1 is 1.04 bits per heavy atom. The molecule has 27 heavy (non-hydrogen) atoms. The number of hydrogen-bond donors (Lipinski definition) is 1. The number of nitrogens with one attached hydrogen (secondary N) is 1. The number of sulfonamides is 1. The molecule has 1 heterocycles. The van der Waals surface area contributed by atoms with Crippen LogP contribution in [0.1, 0.15) is 5.56 Å². The van der Waals surface area contributed by atoms with Crippen molar-refractivity contribution in [1.82, 2.24) is 4.98 Å². The predicted octanol–water partition coefficient (Wildman–Crippen LogP) is 4.13. The summed E-state index contributed by atoms with van der Waals surface area (Å²) in [5, 5.41) is 0. The Morgan fingerprint density at radius 2 is 1.85 bits per heavy atom. The summed E-state index contributed by atoms with van der Waals surface area (Å²) in [6, 6.07) is 13.2. The number of aryl methyl sites for hydroxylation is 1. The van der Waals surface area contributed by atoms with Gasteiger partial charge in [-0.15, -0.1) is 0 Å². The van der Waals surface area contributed by atoms with Gasteiger partial charge in [-0.05, 0) is 48.9 Å². The quantitative estimate of drug-likeness (QED) is 0.687. The number of benzene rings is 2. The normalized spacial score (nSPS) is 11.1. The molecule has 8 heteroatoms. The first kappa shape index (κ1) is 18.7. The lowest BCUT2D eigenvalue weighted by molar-refractivity contribution is 0.374. The summed E-state index contributed by atoms with van der Waals surface area (Å²) in [5.74, 6) is 0.689. The number of aromatic nitrogens is 1. The third-order valence-corrected chi connectivity index (χ3v) is 5.01. The van der Waals surface area contributed by atoms with Gasteiger partial charge < -0.3 is 9.47 Å². The van der Waals surface area contributed by atoms with Crippen molar-refractivity contribution in [2.45, 2.75) is 11.8 Å². The first-order chi connectivity index (χ1) is 12.9. The van der Waals surface area contributed by atoms with Crippen LogP contribution in [0.3, 0.4) is 0 Å². The van der Waals surface area contributed by atoms with Crippen molar-refractivity contribution in [1.29, 1.82) is 0 Å². The fourth-order valence-corrected chi connectivity index (χ4v) is 3.40. The van der Waals surface area contributed by atoms with E-state index in [1.165, 1.54) is 36.5 Å². The molecule has 0 aliphatic rings. The molecule has 140 valence electrons. The van der Waals surface area contributed by atoms with Gasteiger partial charge in [-0.2, -0.15) is 0 Å². The number of rotatable bonds is 6. The summed E-state index contributed by atoms with van der Waals surface area (Å²) in [6.45, 7) is 1.93. The molecule has 0 unspecified atom stereocenters. The van der Waals surface area contributed by atoms with Gasteiger partial charge >= 0.3 is 0 Å². The fourth-order valence-electron chi connectivity index (χ4n) is 2.32. The van der Waals surface area contributed by atoms with Crippen LogP contribution in [0.15, 0.2) is 65.7 Å². The van der Waals surface area contributed by atoms with Gasteiger partial charge in [0, 0.05) is 6.07 Å². The van der Waals surface area contributed by atoms with Gasteiger partial charge in [0.1, 0.15) is 5.82 Å². The van der Waals surface area contributed by atoms with E-state index in [2.05, 4.69) is 9.71 Å². The second-order valence-electron chi connectivity index (χ2n) is 5.70. The van der Waals surface area contributed by atoms with Crippen LogP contribution in [0, 0.1) is 12.7 Å². The first-order valence-corrected chi connectivity index (χ1v) is 9.42. The molecule has 0 saturated carbocycles. The zero-order valence-corrected chi connectivity index (χ0v) is 15.5. The maximum Gasteiger partial charge on any atom is 0.262 e. The number of hydrogen-bond acceptors (Lipinski definition) is 5. The molecular formula is C19H17FN2O4S. The van der Waals surface area contributed by atoms with E-state index < -0.39 is 15.8 Å². The lowest BCUT2D eigenvalue weighted by atomic mass is 10.2. The Kier molecular flexibility index (Phi) is 5.27. The van der Waals surface area contributed by atoms with Crippen molar-refractivity contribution in [3.63, 3.8) is 0 Å². The molecule has 3 aromatic rings. The Balaban J connectivity index is 1.76. The number of anilines is 1. The molecule has 0 saturated heterocycles. The van der Waals surface area contributed by atoms with Crippen molar-refractivity contribution in [3.05, 3.63) is 72.2 Å². The van der Waals surface area contributed by atoms with Gasteiger partial charge in [0.15, 0.2) is 11.5 Å². The molecule has 0 amide bonds. The van der Waals surface area contributed by atoms with Crippen LogP contribution in [0.5, 0.6) is 17.4 Å². The second kappa shape index (κ2) is 7.63. The molecule has 0 atom stereocenters. The summed E-state index contributed by atoms with van der Waals surface area (Å²) in [4.78, 5) is 3.91. The van der Waals surface area contributed by atoms with Gasteiger partial charge in [-0.25, -0.2) is 17.8 Å². The first-order valence-electron chi connectivity index (χ1n) is 7.94. The highest BCUT2D eigenvalue weighted by atomic mass is 32.2. The molecule has 0 fully saturated rings. The monoisotopic (exact) mass is 388 g/mol. The van der Waals surface area contributed by atoms with Crippen molar-refractivity contribution >= 4 is 15.7 Å². The fraction of sp³-hybridized carbons (Fsp3) is 0.105. The molecule has 1 aromatic heterocycles. The van der Waals surface area contributed by atoms with E-state index in [1.807, 2.05) is 19.1 Å². The van der Waals surface area contributed by atoms with Crippen LogP contribution in [0.4, 0.5) is 10.1 Å². The van der Waals surface area contributed by atoms with E-state index in [-0.39, 0.29) is 16.5 Å². The second-order valence-corrected chi connectivity index (χ2v) is 7.39. The Hall–Kier alpha value is -3.13. The molecule has 6 nitrogen and oxygen atoms in total. The average molecular weight is 388 g/mol. The van der Waals surface area contributed by atoms with Crippen LogP contribution in [0.2, 0.25) is 0 Å². The summed E-state index contributed by atoms with van der Waals surface area (Å²) in [6.07, 6.45) is 1.31. The zero-order valence-electron chi connectivity index (χ0n) is 14.6. The van der Waals surface area contributed by atoms with Crippen LogP contribution in [-0.2, 0) is 10.0 Å². The number of nitrogens with zero attached hydrogens (tertiary/aromatic N) is 1. The third kappa shape index (κ3) is 4.53. The van der Waals surface area contributed by atoms with Crippen LogP contribution in [-0.4, -0.2) is 20.5 Å². The summed E-state index contributed by atoms with van der Waals surface area (Å²) >= 11 is 0. The summed E-state index contributed by atoms with van der Waals surface area (Å²) < 4.78 is 51.1. The van der Waals surface area contributed by atoms with E-state index in [0.717, 1.165) is 11.6 Å². The van der Waals surface area contributed by atoms with Gasteiger partial charge in [-0.1, -0.05) is 12.1 Å². The molecule has 0 aliphatic heterocycles. The van der Waals surface area contributed by atoms with Crippen LogP contribution in [0.25, 0.3) is 0 Å². The standard InChI is InChI=1S/C19H17FN2O4S/c1-13-6-8-17(18(10-13)25-2)26-19-9-7-15(12-21-19)22-27(23,24)16-5-3-4-14(20)11-16/h3-12,22H,1-2H3. The van der Waals surface area contributed by atoms with Crippen molar-refractivity contribution < 1.29 is 22.3 Å². The number of methoxy groups -OCH3 is 1. The molecule has 1 N–H and O–H groups in total. The summed E-state index contributed by atoms with van der Waals surface area (Å²) in [5.41, 5.74) is 1.25. The predicted molar refractivity (Wildman–Crippen MR) is 99.3 cm³/mol. The molecule has 0 bridgehead atoms. The topological polar surface area (TPSA) is 77.5 Å². The minimum absolute atomic E-state index is 0.174. The van der Waals surface area contributed by atoms with Gasteiger partial charge in [0.05, 0.1) is 23.9 Å². The minimum Gasteiger partial charge on any atom is -0.493 e. The minimum atomic E-state index is -3.91. The van der Waals surface area contributed by atoms with Crippen LogP contribution >= 0.6 is 0 Å². The number of pyridine rings is 1. The smallest absolute Gasteiger partial charge is 0.262 e. The van der Waals surface area contributed by atoms with Gasteiger partial charge in [-0.3, -0.25) is 4.72 Å². The summed E-state index contributed by atoms with van der Waals surface area (Å²) in [7, 11) is -2.37. The lowest BCUT2D eigenvalue weighted by Crippen LogP contribution is -2.13. The molecule has 0 radical (unpaired) electrons. The van der Waals surface area contributed by atoms with E-state index in [4.69, 9.17) is 9.47 Å². The highest BCUT2D eigenvalue weighted by molar-refractivity contribution is 7.92. The zero-order chi connectivity index (χ0) is 19.4. The lowest BCUT2D eigenvalue weighted by Gasteiger charge is -2.11. The average Bonchev–Trinajstić information content (AvgIpc) is 2.64. The SMILES string of the molecule is COc1cc(C)ccc1Oc1ccc(NS(=O)(=O)c2cccc(F)c2)cn1. The van der Waals surface area contributed by atoms with Gasteiger partial charge in [0.2, 0.25) is 5.88 Å². The van der Waals surface area contributed by atoms with E-state index in [9.17, 15) is 12.8 Å². The molecule has 0 aliphatic carbocycles. The molecule has 2 aromatic carbocycles. The molecule has 3 rings (SSSR count).